The molecule has 1 saturated heterocycles. The Kier molecular flexibility index (Phi) is 9.87. The van der Waals surface area contributed by atoms with Gasteiger partial charge in [-0.25, -0.2) is 0 Å². The van der Waals surface area contributed by atoms with Crippen molar-refractivity contribution in [2.75, 3.05) is 52.0 Å². The van der Waals surface area contributed by atoms with Gasteiger partial charge in [0.25, 0.3) is 0 Å². The Balaban J connectivity index is 2.41. The number of guanidine groups is 1. The Labute approximate surface area is 133 Å². The summed E-state index contributed by atoms with van der Waals surface area (Å²) in [6.07, 6.45) is 6.40. The van der Waals surface area contributed by atoms with Gasteiger partial charge in [-0.1, -0.05) is 0 Å². The van der Waals surface area contributed by atoms with Gasteiger partial charge in [0.05, 0.1) is 12.1 Å². The van der Waals surface area contributed by atoms with E-state index in [9.17, 15) is 0 Å². The second-order valence-corrected chi connectivity index (χ2v) is 6.31. The summed E-state index contributed by atoms with van der Waals surface area (Å²) in [5.74, 6) is 2.12. The van der Waals surface area contributed by atoms with Gasteiger partial charge in [0.1, 0.15) is 0 Å². The van der Waals surface area contributed by atoms with Crippen molar-refractivity contribution in [1.82, 2.24) is 10.6 Å². The first-order chi connectivity index (χ1) is 10.3. The van der Waals surface area contributed by atoms with Gasteiger partial charge in [-0.3, -0.25) is 4.99 Å². The van der Waals surface area contributed by atoms with Gasteiger partial charge in [0.15, 0.2) is 5.96 Å². The van der Waals surface area contributed by atoms with Gasteiger partial charge in [0.2, 0.25) is 0 Å². The third-order valence-electron chi connectivity index (χ3n) is 3.77. The number of thioether (sulfide) groups is 1. The second-order valence-electron chi connectivity index (χ2n) is 5.32. The van der Waals surface area contributed by atoms with Crippen LogP contribution in [0, 0.1) is 0 Å². The molecule has 2 N–H and O–H groups in total. The lowest BCUT2D eigenvalue weighted by molar-refractivity contribution is -0.0828. The van der Waals surface area contributed by atoms with Gasteiger partial charge >= 0.3 is 0 Å². The van der Waals surface area contributed by atoms with Crippen LogP contribution in [0.25, 0.3) is 0 Å². The molecule has 1 aliphatic heterocycles. The van der Waals surface area contributed by atoms with Crippen LogP contribution in [-0.4, -0.2) is 63.5 Å². The number of nitrogens with one attached hydrogen (secondary N) is 2. The molecule has 0 aromatic rings. The minimum atomic E-state index is -0.153. The Hall–Kier alpha value is -0.460. The van der Waals surface area contributed by atoms with Gasteiger partial charge < -0.3 is 20.1 Å². The molecular formula is C15H31N3O2S. The number of hydrogen-bond acceptors (Lipinski definition) is 4. The minimum Gasteiger partial charge on any atom is -0.381 e. The molecule has 0 unspecified atom stereocenters. The zero-order valence-corrected chi connectivity index (χ0v) is 14.6. The molecule has 0 saturated carbocycles. The zero-order chi connectivity index (χ0) is 15.4. The van der Waals surface area contributed by atoms with E-state index in [2.05, 4.69) is 23.8 Å². The maximum atomic E-state index is 5.72. The molecule has 1 fully saturated rings. The molecule has 0 atom stereocenters. The zero-order valence-electron chi connectivity index (χ0n) is 13.7. The summed E-state index contributed by atoms with van der Waals surface area (Å²) in [5.41, 5.74) is -0.153. The minimum absolute atomic E-state index is 0.153. The van der Waals surface area contributed by atoms with E-state index in [-0.39, 0.29) is 5.60 Å². The second kappa shape index (κ2) is 11.2. The Morgan fingerprint density at radius 2 is 2.05 bits per heavy atom. The highest BCUT2D eigenvalue weighted by molar-refractivity contribution is 7.98. The number of nitrogens with zero attached hydrogens (tertiary/aromatic N) is 1. The highest BCUT2D eigenvalue weighted by Gasteiger charge is 2.32. The van der Waals surface area contributed by atoms with E-state index in [1.807, 2.05) is 11.8 Å². The van der Waals surface area contributed by atoms with Crippen molar-refractivity contribution < 1.29 is 9.47 Å². The van der Waals surface area contributed by atoms with Crippen LogP contribution < -0.4 is 10.6 Å². The van der Waals surface area contributed by atoms with Crippen LogP contribution in [0.2, 0.25) is 0 Å². The molecule has 0 aromatic carbocycles. The Bertz CT molecular complexity index is 295. The summed E-state index contributed by atoms with van der Waals surface area (Å²) in [6.45, 7) is 6.15. The first-order valence-corrected chi connectivity index (χ1v) is 9.30. The first kappa shape index (κ1) is 18.6. The summed E-state index contributed by atoms with van der Waals surface area (Å²) in [7, 11) is 1.78. The van der Waals surface area contributed by atoms with Crippen LogP contribution in [0.5, 0.6) is 0 Å². The van der Waals surface area contributed by atoms with Gasteiger partial charge in [-0.2, -0.15) is 11.8 Å². The third kappa shape index (κ3) is 7.38. The van der Waals surface area contributed by atoms with Crippen LogP contribution in [0.15, 0.2) is 4.99 Å². The number of aliphatic imine (C=N–C) groups is 1. The molecule has 124 valence electrons. The largest absolute Gasteiger partial charge is 0.381 e. The van der Waals surface area contributed by atoms with Crippen molar-refractivity contribution in [3.05, 3.63) is 0 Å². The van der Waals surface area contributed by atoms with E-state index in [4.69, 9.17) is 14.5 Å². The average Bonchev–Trinajstić information content (AvgIpc) is 2.53. The van der Waals surface area contributed by atoms with Crippen molar-refractivity contribution in [2.45, 2.75) is 38.2 Å². The van der Waals surface area contributed by atoms with Crippen LogP contribution in [0.1, 0.15) is 32.6 Å². The standard InChI is InChI=1S/C15H31N3O2S/c1-4-16-14(17-9-5-6-12-21-3)18-13-15(19-2)7-10-20-11-8-15/h4-13H2,1-3H3,(H2,16,17,18). The summed E-state index contributed by atoms with van der Waals surface area (Å²) >= 11 is 1.90. The maximum absolute atomic E-state index is 5.72. The number of rotatable bonds is 9. The summed E-state index contributed by atoms with van der Waals surface area (Å²) in [4.78, 5) is 4.71. The molecular weight excluding hydrogens is 286 g/mol. The molecule has 6 heteroatoms. The lowest BCUT2D eigenvalue weighted by Gasteiger charge is -2.34. The van der Waals surface area contributed by atoms with Crippen molar-refractivity contribution in [3.8, 4) is 0 Å². The third-order valence-corrected chi connectivity index (χ3v) is 4.47. The fourth-order valence-electron chi connectivity index (χ4n) is 2.31. The molecule has 0 radical (unpaired) electrons. The molecule has 0 aliphatic carbocycles. The van der Waals surface area contributed by atoms with Crippen molar-refractivity contribution in [2.24, 2.45) is 4.99 Å². The van der Waals surface area contributed by atoms with Gasteiger partial charge in [-0.15, -0.1) is 0 Å². The van der Waals surface area contributed by atoms with E-state index in [0.29, 0.717) is 6.54 Å². The summed E-state index contributed by atoms with van der Waals surface area (Å²) in [5, 5.41) is 6.70. The molecule has 21 heavy (non-hydrogen) atoms. The number of unbranched alkanes of at least 4 members (excludes halogenated alkanes) is 1. The number of hydrogen-bond donors (Lipinski definition) is 2. The average molecular weight is 317 g/mol. The monoisotopic (exact) mass is 317 g/mol. The lowest BCUT2D eigenvalue weighted by Crippen LogP contribution is -2.44. The van der Waals surface area contributed by atoms with Crippen LogP contribution in [0.4, 0.5) is 0 Å². The van der Waals surface area contributed by atoms with Gasteiger partial charge in [-0.05, 0) is 31.8 Å². The molecule has 0 aromatic heterocycles. The van der Waals surface area contributed by atoms with E-state index < -0.39 is 0 Å². The topological polar surface area (TPSA) is 54.9 Å². The number of ether oxygens (including phenoxy) is 2. The smallest absolute Gasteiger partial charge is 0.191 e. The lowest BCUT2D eigenvalue weighted by atomic mass is 9.94. The van der Waals surface area contributed by atoms with E-state index in [1.165, 1.54) is 18.6 Å². The molecule has 1 heterocycles. The highest BCUT2D eigenvalue weighted by Crippen LogP contribution is 2.24. The maximum Gasteiger partial charge on any atom is 0.191 e. The Morgan fingerprint density at radius 3 is 2.67 bits per heavy atom. The van der Waals surface area contributed by atoms with Crippen molar-refractivity contribution >= 4 is 17.7 Å². The van der Waals surface area contributed by atoms with Crippen LogP contribution in [0.3, 0.4) is 0 Å². The highest BCUT2D eigenvalue weighted by atomic mass is 32.2. The predicted octanol–water partition coefficient (Wildman–Crippen LogP) is 1.88. The normalized spacial score (nSPS) is 18.5. The molecule has 0 bridgehead atoms. The Morgan fingerprint density at radius 1 is 1.29 bits per heavy atom. The molecule has 5 nitrogen and oxygen atoms in total. The molecule has 0 amide bonds. The fraction of sp³-hybridized carbons (Fsp3) is 0.933. The predicted molar refractivity (Wildman–Crippen MR) is 91.4 cm³/mol. The van der Waals surface area contributed by atoms with Crippen molar-refractivity contribution in [1.29, 1.82) is 0 Å². The SMILES string of the molecule is CCNC(=NCC1(OC)CCOCC1)NCCCCSC. The van der Waals surface area contributed by atoms with E-state index in [0.717, 1.165) is 45.1 Å². The fourth-order valence-corrected chi connectivity index (χ4v) is 2.81. The van der Waals surface area contributed by atoms with Crippen molar-refractivity contribution in [3.63, 3.8) is 0 Å². The van der Waals surface area contributed by atoms with E-state index >= 15 is 0 Å². The summed E-state index contributed by atoms with van der Waals surface area (Å²) in [6, 6.07) is 0. The first-order valence-electron chi connectivity index (χ1n) is 7.90. The van der Waals surface area contributed by atoms with Crippen LogP contribution >= 0.6 is 11.8 Å². The molecule has 1 aliphatic rings. The molecule has 1 rings (SSSR count). The molecule has 0 spiro atoms. The summed E-state index contributed by atoms with van der Waals surface area (Å²) < 4.78 is 11.1. The van der Waals surface area contributed by atoms with Crippen LogP contribution in [-0.2, 0) is 9.47 Å². The quantitative estimate of drug-likeness (QED) is 0.386. The van der Waals surface area contributed by atoms with E-state index in [1.54, 1.807) is 7.11 Å². The van der Waals surface area contributed by atoms with Gasteiger partial charge in [0, 0.05) is 46.3 Å². The number of methoxy groups -OCH3 is 1.